The zero-order chi connectivity index (χ0) is 18.9. The number of likely N-dealkylation sites (tertiary alicyclic amines) is 1. The Bertz CT molecular complexity index is 997. The van der Waals surface area contributed by atoms with E-state index in [0.29, 0.717) is 23.6 Å². The van der Waals surface area contributed by atoms with Crippen LogP contribution in [0.5, 0.6) is 0 Å². The highest BCUT2D eigenvalue weighted by molar-refractivity contribution is 5.65. The molecule has 2 saturated heterocycles. The molecule has 3 aromatic rings. The van der Waals surface area contributed by atoms with Gasteiger partial charge in [0.2, 0.25) is 0 Å². The summed E-state index contributed by atoms with van der Waals surface area (Å²) in [4.78, 5) is 10.9. The number of benzene rings is 2. The average molecular weight is 367 g/mol. The van der Waals surface area contributed by atoms with Gasteiger partial charge in [-0.05, 0) is 28.8 Å². The molecule has 5 heteroatoms. The third-order valence-corrected chi connectivity index (χ3v) is 5.99. The summed E-state index contributed by atoms with van der Waals surface area (Å²) in [5.41, 5.74) is 5.51. The van der Waals surface area contributed by atoms with Gasteiger partial charge in [0.1, 0.15) is 6.33 Å². The number of piperidine rings is 1. The second kappa shape index (κ2) is 7.16. The first-order valence-electron chi connectivity index (χ1n) is 9.64. The van der Waals surface area contributed by atoms with Crippen molar-refractivity contribution < 1.29 is 0 Å². The fourth-order valence-corrected chi connectivity index (χ4v) is 4.65. The topological polar surface area (TPSA) is 64.8 Å². The fraction of sp³-hybridized carbons (Fsp3) is 0.261. The second-order valence-corrected chi connectivity index (χ2v) is 7.55. The minimum absolute atomic E-state index is 0.506. The Hall–Kier alpha value is -3.07. The molecule has 28 heavy (non-hydrogen) atoms. The summed E-state index contributed by atoms with van der Waals surface area (Å²) in [7, 11) is 0. The van der Waals surface area contributed by atoms with Crippen molar-refractivity contribution in [1.82, 2.24) is 20.2 Å². The number of nitriles is 1. The number of fused-ring (bicyclic) bond motifs is 2. The summed E-state index contributed by atoms with van der Waals surface area (Å²) >= 11 is 0. The lowest BCUT2D eigenvalue weighted by Crippen LogP contribution is -2.72. The second-order valence-electron chi connectivity index (χ2n) is 7.55. The summed E-state index contributed by atoms with van der Waals surface area (Å²) in [6.07, 6.45) is 5.40. The molecule has 0 aliphatic carbocycles. The largest absolute Gasteiger partial charge is 0.314 e. The van der Waals surface area contributed by atoms with Crippen LogP contribution in [-0.2, 0) is 6.54 Å². The number of rotatable bonds is 4. The van der Waals surface area contributed by atoms with Crippen LogP contribution in [0.25, 0.3) is 11.1 Å². The molecule has 2 aromatic carbocycles. The van der Waals surface area contributed by atoms with Crippen LogP contribution in [0.3, 0.4) is 0 Å². The van der Waals surface area contributed by atoms with Crippen LogP contribution in [0.1, 0.15) is 22.6 Å². The van der Waals surface area contributed by atoms with E-state index in [9.17, 15) is 0 Å². The number of aromatic nitrogens is 2. The van der Waals surface area contributed by atoms with Crippen molar-refractivity contribution in [2.75, 3.05) is 13.1 Å². The normalized spacial score (nSPS) is 23.6. The van der Waals surface area contributed by atoms with Crippen LogP contribution >= 0.6 is 0 Å². The van der Waals surface area contributed by atoms with Gasteiger partial charge in [0.25, 0.3) is 0 Å². The van der Waals surface area contributed by atoms with Crippen molar-refractivity contribution in [3.05, 3.63) is 83.9 Å². The monoisotopic (exact) mass is 367 g/mol. The molecule has 2 aliphatic rings. The lowest BCUT2D eigenvalue weighted by atomic mass is 9.72. The number of piperazine rings is 1. The predicted molar refractivity (Wildman–Crippen MR) is 107 cm³/mol. The van der Waals surface area contributed by atoms with Gasteiger partial charge in [0.15, 0.2) is 0 Å². The Morgan fingerprint density at radius 3 is 2.46 bits per heavy atom. The molecule has 0 saturated carbocycles. The standard InChI is InChI=1S/C23H21N5/c24-9-16-2-1-3-20(8-16)18-4-6-19(7-5-18)23-21-12-25-13-22(23)28(21)14-17-10-26-15-27-11-17/h1-8,10-11,15,21-23,25H,12-14H2/t21-,22+,23?. The summed E-state index contributed by atoms with van der Waals surface area (Å²) in [5, 5.41) is 12.7. The van der Waals surface area contributed by atoms with E-state index in [2.05, 4.69) is 56.6 Å². The molecular weight excluding hydrogens is 346 g/mol. The molecule has 3 heterocycles. The lowest BCUT2D eigenvalue weighted by Gasteiger charge is -2.59. The molecule has 2 aliphatic heterocycles. The van der Waals surface area contributed by atoms with Crippen LogP contribution < -0.4 is 5.32 Å². The summed E-state index contributed by atoms with van der Waals surface area (Å²) in [6.45, 7) is 2.94. The molecule has 2 bridgehead atoms. The van der Waals surface area contributed by atoms with Crippen LogP contribution in [0, 0.1) is 11.3 Å². The Kier molecular flexibility index (Phi) is 4.36. The van der Waals surface area contributed by atoms with Crippen molar-refractivity contribution in [3.8, 4) is 17.2 Å². The van der Waals surface area contributed by atoms with Gasteiger partial charge in [-0.1, -0.05) is 36.4 Å². The van der Waals surface area contributed by atoms with Crippen LogP contribution in [0.2, 0.25) is 0 Å². The maximum Gasteiger partial charge on any atom is 0.115 e. The zero-order valence-corrected chi connectivity index (χ0v) is 15.5. The van der Waals surface area contributed by atoms with E-state index in [1.807, 2.05) is 30.6 Å². The van der Waals surface area contributed by atoms with E-state index in [1.54, 1.807) is 6.33 Å². The van der Waals surface area contributed by atoms with Gasteiger partial charge in [-0.3, -0.25) is 4.90 Å². The Labute approximate surface area is 164 Å². The third-order valence-electron chi connectivity index (χ3n) is 5.99. The highest BCUT2D eigenvalue weighted by Gasteiger charge is 2.50. The van der Waals surface area contributed by atoms with Crippen LogP contribution in [-0.4, -0.2) is 40.0 Å². The van der Waals surface area contributed by atoms with Crippen LogP contribution in [0.4, 0.5) is 0 Å². The van der Waals surface area contributed by atoms with Gasteiger partial charge >= 0.3 is 0 Å². The van der Waals surface area contributed by atoms with E-state index in [4.69, 9.17) is 5.26 Å². The van der Waals surface area contributed by atoms with Crippen molar-refractivity contribution in [1.29, 1.82) is 5.26 Å². The fourth-order valence-electron chi connectivity index (χ4n) is 4.65. The van der Waals surface area contributed by atoms with Gasteiger partial charge in [0, 0.05) is 55.6 Å². The highest BCUT2D eigenvalue weighted by Crippen LogP contribution is 2.43. The van der Waals surface area contributed by atoms with Gasteiger partial charge in [-0.2, -0.15) is 5.26 Å². The van der Waals surface area contributed by atoms with Crippen molar-refractivity contribution in [2.45, 2.75) is 24.5 Å². The zero-order valence-electron chi connectivity index (χ0n) is 15.5. The molecule has 0 radical (unpaired) electrons. The molecular formula is C23H21N5. The number of hydrogen-bond acceptors (Lipinski definition) is 5. The maximum atomic E-state index is 9.12. The molecule has 0 spiro atoms. The van der Waals surface area contributed by atoms with E-state index < -0.39 is 0 Å². The van der Waals surface area contributed by atoms with Crippen molar-refractivity contribution >= 4 is 0 Å². The highest BCUT2D eigenvalue weighted by atomic mass is 15.3. The maximum absolute atomic E-state index is 9.12. The molecule has 1 unspecified atom stereocenters. The smallest absolute Gasteiger partial charge is 0.115 e. The molecule has 5 nitrogen and oxygen atoms in total. The molecule has 5 rings (SSSR count). The first-order chi connectivity index (χ1) is 13.8. The van der Waals surface area contributed by atoms with E-state index >= 15 is 0 Å². The SMILES string of the molecule is N#Cc1cccc(-c2ccc(C3[C@H]4CNC[C@@H]3N4Cc3cncnc3)cc2)c1. The molecule has 1 N–H and O–H groups in total. The first-order valence-corrected chi connectivity index (χ1v) is 9.64. The van der Waals surface area contributed by atoms with Gasteiger partial charge in [-0.15, -0.1) is 0 Å². The van der Waals surface area contributed by atoms with Crippen molar-refractivity contribution in [3.63, 3.8) is 0 Å². The third kappa shape index (κ3) is 2.97. The average Bonchev–Trinajstić information content (AvgIpc) is 2.78. The van der Waals surface area contributed by atoms with Crippen molar-refractivity contribution in [2.24, 2.45) is 0 Å². The number of hydrogen-bond donors (Lipinski definition) is 1. The van der Waals surface area contributed by atoms with E-state index in [0.717, 1.165) is 30.8 Å². The Balaban J connectivity index is 1.35. The van der Waals surface area contributed by atoms with E-state index in [1.165, 1.54) is 11.1 Å². The van der Waals surface area contributed by atoms with Gasteiger partial charge in [0.05, 0.1) is 11.6 Å². The Morgan fingerprint density at radius 2 is 1.75 bits per heavy atom. The van der Waals surface area contributed by atoms with Gasteiger partial charge in [-0.25, -0.2) is 9.97 Å². The summed E-state index contributed by atoms with van der Waals surface area (Å²) in [6, 6.07) is 19.9. The minimum atomic E-state index is 0.506. The predicted octanol–water partition coefficient (Wildman–Crippen LogP) is 2.96. The Morgan fingerprint density at radius 1 is 1.00 bits per heavy atom. The molecule has 3 atom stereocenters. The first kappa shape index (κ1) is 17.1. The number of nitrogens with zero attached hydrogens (tertiary/aromatic N) is 4. The molecule has 0 amide bonds. The van der Waals surface area contributed by atoms with Gasteiger partial charge < -0.3 is 5.32 Å². The molecule has 2 fully saturated rings. The van der Waals surface area contributed by atoms with E-state index in [-0.39, 0.29) is 0 Å². The summed E-state index contributed by atoms with van der Waals surface area (Å²) < 4.78 is 0. The lowest BCUT2D eigenvalue weighted by molar-refractivity contribution is -0.0484. The van der Waals surface area contributed by atoms with Crippen LogP contribution in [0.15, 0.2) is 67.3 Å². The quantitative estimate of drug-likeness (QED) is 0.768. The molecule has 1 aromatic heterocycles. The minimum Gasteiger partial charge on any atom is -0.314 e. The number of nitrogens with one attached hydrogen (secondary N) is 1. The summed E-state index contributed by atoms with van der Waals surface area (Å²) in [5.74, 6) is 0.561. The molecule has 138 valence electrons.